The molecule has 0 heterocycles. The molecule has 2 aliphatic rings. The minimum atomic E-state index is -0.287. The summed E-state index contributed by atoms with van der Waals surface area (Å²) in [5, 5.41) is 2.78. The maximum Gasteiger partial charge on any atom is 0.306 e. The third kappa shape index (κ3) is 4.62. The van der Waals surface area contributed by atoms with Gasteiger partial charge in [-0.2, -0.15) is 0 Å². The maximum absolute atomic E-state index is 12.0. The molecule has 3 atom stereocenters. The van der Waals surface area contributed by atoms with E-state index in [0.29, 0.717) is 18.3 Å². The fourth-order valence-electron chi connectivity index (χ4n) is 4.30. The largest absolute Gasteiger partial charge is 0.456 e. The Morgan fingerprint density at radius 3 is 2.40 bits per heavy atom. The molecule has 0 saturated heterocycles. The molecule has 4 nitrogen and oxygen atoms in total. The summed E-state index contributed by atoms with van der Waals surface area (Å²) in [4.78, 5) is 24.0. The number of carbonyl (C=O) groups excluding carboxylic acids is 2. The fraction of sp³-hybridized carbons (Fsp3) is 0.619. The van der Waals surface area contributed by atoms with E-state index in [0.717, 1.165) is 18.0 Å². The molecule has 136 valence electrons. The molecule has 2 bridgehead atoms. The first-order valence-corrected chi connectivity index (χ1v) is 9.37. The van der Waals surface area contributed by atoms with Crippen molar-refractivity contribution in [2.75, 3.05) is 11.9 Å². The second-order valence-corrected chi connectivity index (χ2v) is 8.68. The van der Waals surface area contributed by atoms with Crippen LogP contribution in [0.25, 0.3) is 0 Å². The summed E-state index contributed by atoms with van der Waals surface area (Å²) in [5.74, 6) is 1.47. The zero-order chi connectivity index (χ0) is 18.0. The second-order valence-electron chi connectivity index (χ2n) is 8.68. The van der Waals surface area contributed by atoms with Gasteiger partial charge >= 0.3 is 5.97 Å². The van der Waals surface area contributed by atoms with Gasteiger partial charge in [-0.25, -0.2) is 0 Å². The van der Waals surface area contributed by atoms with E-state index < -0.39 is 0 Å². The van der Waals surface area contributed by atoms with Crippen molar-refractivity contribution in [3.05, 3.63) is 29.8 Å². The maximum atomic E-state index is 12.0. The van der Waals surface area contributed by atoms with Crippen LogP contribution in [0.5, 0.6) is 0 Å². The highest BCUT2D eigenvalue weighted by molar-refractivity contribution is 5.92. The summed E-state index contributed by atoms with van der Waals surface area (Å²) in [7, 11) is 0. The summed E-state index contributed by atoms with van der Waals surface area (Å²) in [6.45, 7) is 6.24. The number of rotatable bonds is 5. The van der Waals surface area contributed by atoms with Gasteiger partial charge < -0.3 is 10.1 Å². The Morgan fingerprint density at radius 2 is 1.84 bits per heavy atom. The van der Waals surface area contributed by atoms with Crippen molar-refractivity contribution < 1.29 is 14.3 Å². The van der Waals surface area contributed by atoms with E-state index in [1.54, 1.807) is 0 Å². The van der Waals surface area contributed by atoms with Crippen LogP contribution in [0.3, 0.4) is 0 Å². The average molecular weight is 343 g/mol. The lowest BCUT2D eigenvalue weighted by Gasteiger charge is -2.20. The monoisotopic (exact) mass is 343 g/mol. The van der Waals surface area contributed by atoms with Crippen molar-refractivity contribution in [3.8, 4) is 0 Å². The normalized spacial score (nSPS) is 25.0. The number of ether oxygens (including phenoxy) is 1. The van der Waals surface area contributed by atoms with Gasteiger partial charge in [0.2, 0.25) is 0 Å². The SMILES string of the molecule is CC(C)(C)c1ccc(NC(=O)COC(=O)C[C@@H]2C[C@@H]3CC[C@@H]2C3)cc1. The van der Waals surface area contributed by atoms with Crippen molar-refractivity contribution in [2.24, 2.45) is 17.8 Å². The molecule has 0 unspecified atom stereocenters. The van der Waals surface area contributed by atoms with Gasteiger partial charge in [-0.1, -0.05) is 39.3 Å². The van der Waals surface area contributed by atoms with Gasteiger partial charge in [0.25, 0.3) is 5.91 Å². The first kappa shape index (κ1) is 18.0. The third-order valence-electron chi connectivity index (χ3n) is 5.71. The Balaban J connectivity index is 1.41. The molecule has 4 heteroatoms. The zero-order valence-corrected chi connectivity index (χ0v) is 15.5. The Kier molecular flexibility index (Phi) is 5.16. The summed E-state index contributed by atoms with van der Waals surface area (Å²) in [6.07, 6.45) is 5.49. The van der Waals surface area contributed by atoms with E-state index in [1.165, 1.54) is 24.8 Å². The summed E-state index contributed by atoms with van der Waals surface area (Å²) >= 11 is 0. The molecular formula is C21H29NO3. The van der Waals surface area contributed by atoms with Crippen molar-refractivity contribution in [1.82, 2.24) is 0 Å². The highest BCUT2D eigenvalue weighted by Crippen LogP contribution is 2.49. The Bertz CT molecular complexity index is 630. The predicted molar refractivity (Wildman–Crippen MR) is 98.3 cm³/mol. The summed E-state index contributed by atoms with van der Waals surface area (Å²) in [6, 6.07) is 7.79. The van der Waals surface area contributed by atoms with Gasteiger partial charge in [0.05, 0.1) is 0 Å². The molecule has 25 heavy (non-hydrogen) atoms. The van der Waals surface area contributed by atoms with Gasteiger partial charge in [-0.15, -0.1) is 0 Å². The predicted octanol–water partition coefficient (Wildman–Crippen LogP) is 4.29. The van der Waals surface area contributed by atoms with E-state index in [2.05, 4.69) is 26.1 Å². The van der Waals surface area contributed by atoms with Crippen LogP contribution in [-0.2, 0) is 19.7 Å². The van der Waals surface area contributed by atoms with Gasteiger partial charge in [0.1, 0.15) is 0 Å². The number of nitrogens with one attached hydrogen (secondary N) is 1. The highest BCUT2D eigenvalue weighted by Gasteiger charge is 2.40. The number of carbonyl (C=O) groups is 2. The number of hydrogen-bond donors (Lipinski definition) is 1. The number of anilines is 1. The number of esters is 1. The van der Waals surface area contributed by atoms with Gasteiger partial charge in [-0.3, -0.25) is 9.59 Å². The number of amides is 1. The van der Waals surface area contributed by atoms with Crippen LogP contribution in [0.1, 0.15) is 58.4 Å². The second kappa shape index (κ2) is 7.19. The molecule has 2 aliphatic carbocycles. The lowest BCUT2D eigenvalue weighted by atomic mass is 9.86. The van der Waals surface area contributed by atoms with Gasteiger partial charge in [-0.05, 0) is 60.1 Å². The molecule has 1 aromatic rings. The van der Waals surface area contributed by atoms with E-state index in [9.17, 15) is 9.59 Å². The van der Waals surface area contributed by atoms with Gasteiger partial charge in [0, 0.05) is 12.1 Å². The van der Waals surface area contributed by atoms with Crippen molar-refractivity contribution in [1.29, 1.82) is 0 Å². The summed E-state index contributed by atoms with van der Waals surface area (Å²) in [5.41, 5.74) is 2.02. The smallest absolute Gasteiger partial charge is 0.306 e. The van der Waals surface area contributed by atoms with Crippen LogP contribution >= 0.6 is 0 Å². The molecule has 0 aliphatic heterocycles. The topological polar surface area (TPSA) is 55.4 Å². The van der Waals surface area contributed by atoms with Crippen LogP contribution < -0.4 is 5.32 Å². The molecule has 0 radical (unpaired) electrons. The number of benzene rings is 1. The van der Waals surface area contributed by atoms with Crippen LogP contribution in [0.2, 0.25) is 0 Å². The Labute approximate surface area is 150 Å². The van der Waals surface area contributed by atoms with Crippen LogP contribution in [0.15, 0.2) is 24.3 Å². The van der Waals surface area contributed by atoms with Crippen LogP contribution in [0.4, 0.5) is 5.69 Å². The minimum Gasteiger partial charge on any atom is -0.456 e. The minimum absolute atomic E-state index is 0.0811. The molecule has 0 aromatic heterocycles. The van der Waals surface area contributed by atoms with Gasteiger partial charge in [0.15, 0.2) is 6.61 Å². The average Bonchev–Trinajstić information content (AvgIpc) is 3.15. The van der Waals surface area contributed by atoms with Crippen molar-refractivity contribution in [3.63, 3.8) is 0 Å². The lowest BCUT2D eigenvalue weighted by molar-refractivity contribution is -0.148. The van der Waals surface area contributed by atoms with E-state index in [1.807, 2.05) is 24.3 Å². The zero-order valence-electron chi connectivity index (χ0n) is 15.5. The first-order chi connectivity index (χ1) is 11.8. The first-order valence-electron chi connectivity index (χ1n) is 9.37. The standard InChI is InChI=1S/C21H29NO3/c1-21(2,3)17-6-8-18(9-7-17)22-19(23)13-25-20(24)12-16-11-14-4-5-15(16)10-14/h6-9,14-16H,4-5,10-13H2,1-3H3,(H,22,23)/t14-,15-,16+/m1/s1. The summed E-state index contributed by atoms with van der Waals surface area (Å²) < 4.78 is 5.17. The van der Waals surface area contributed by atoms with Crippen LogP contribution in [-0.4, -0.2) is 18.5 Å². The molecule has 1 N–H and O–H groups in total. The molecule has 2 fully saturated rings. The van der Waals surface area contributed by atoms with E-state index in [-0.39, 0.29) is 23.9 Å². The molecular weight excluding hydrogens is 314 g/mol. The Hall–Kier alpha value is -1.84. The highest BCUT2D eigenvalue weighted by atomic mass is 16.5. The van der Waals surface area contributed by atoms with Crippen LogP contribution in [0, 0.1) is 17.8 Å². The molecule has 2 saturated carbocycles. The van der Waals surface area contributed by atoms with E-state index in [4.69, 9.17) is 4.74 Å². The Morgan fingerprint density at radius 1 is 1.12 bits per heavy atom. The fourth-order valence-corrected chi connectivity index (χ4v) is 4.30. The molecule has 0 spiro atoms. The lowest BCUT2D eigenvalue weighted by Crippen LogP contribution is -2.23. The molecule has 3 rings (SSSR count). The molecule has 1 aromatic carbocycles. The number of hydrogen-bond acceptors (Lipinski definition) is 3. The number of fused-ring (bicyclic) bond motifs is 2. The quantitative estimate of drug-likeness (QED) is 0.811. The van der Waals surface area contributed by atoms with Crippen molar-refractivity contribution in [2.45, 2.75) is 58.3 Å². The van der Waals surface area contributed by atoms with E-state index >= 15 is 0 Å². The van der Waals surface area contributed by atoms with Crippen molar-refractivity contribution >= 4 is 17.6 Å². The molecule has 1 amide bonds. The third-order valence-corrected chi connectivity index (χ3v) is 5.71.